The van der Waals surface area contributed by atoms with Crippen molar-refractivity contribution in [3.63, 3.8) is 0 Å². The maximum Gasteiger partial charge on any atom is 0.340 e. The van der Waals surface area contributed by atoms with Crippen LogP contribution in [0.1, 0.15) is 20.3 Å². The summed E-state index contributed by atoms with van der Waals surface area (Å²) in [6.07, 6.45) is 0.739. The summed E-state index contributed by atoms with van der Waals surface area (Å²) in [4.78, 5) is 36.7. The van der Waals surface area contributed by atoms with E-state index in [1.54, 1.807) is 13.8 Å². The van der Waals surface area contributed by atoms with E-state index in [0.717, 1.165) is 36.4 Å². The summed E-state index contributed by atoms with van der Waals surface area (Å²) >= 11 is 0. The largest absolute Gasteiger partial charge is 0.361 e. The van der Waals surface area contributed by atoms with E-state index >= 15 is 0 Å². The Labute approximate surface area is 125 Å². The Morgan fingerprint density at radius 1 is 0.857 bits per heavy atom. The molecule has 0 spiro atoms. The van der Waals surface area contributed by atoms with Crippen LogP contribution in [0, 0.1) is 0 Å². The maximum absolute atomic E-state index is 12.3. The van der Waals surface area contributed by atoms with Crippen LogP contribution in [-0.4, -0.2) is 37.2 Å². The zero-order valence-corrected chi connectivity index (χ0v) is 14.8. The molecule has 0 aliphatic carbocycles. The fourth-order valence-corrected chi connectivity index (χ4v) is 2.09. The molecule has 0 amide bonds. The minimum Gasteiger partial charge on any atom is -0.361 e. The molecule has 0 fully saturated rings. The lowest BCUT2D eigenvalue weighted by molar-refractivity contribution is 0.0595. The second kappa shape index (κ2) is 8.75. The lowest BCUT2D eigenvalue weighted by Gasteiger charge is -2.13. The average molecular weight is 317 g/mol. The molecule has 1 aromatic heterocycles. The third-order valence-electron chi connectivity index (χ3n) is 2.97. The van der Waals surface area contributed by atoms with Crippen LogP contribution in [0.5, 0.6) is 0 Å². The van der Waals surface area contributed by atoms with Crippen LogP contribution in [0.4, 0.5) is 0 Å². The van der Waals surface area contributed by atoms with Crippen LogP contribution in [0.3, 0.4) is 0 Å². The Bertz CT molecular complexity index is 503. The second-order valence-electron chi connectivity index (χ2n) is 4.45. The number of rotatable bonds is 9. The molecular weight excluding hydrogens is 294 g/mol. The fourth-order valence-electron chi connectivity index (χ4n) is 1.78. The van der Waals surface area contributed by atoms with Gasteiger partial charge in [-0.15, -0.1) is 0 Å². The smallest absolute Gasteiger partial charge is 0.340 e. The molecule has 0 aliphatic heterocycles. The van der Waals surface area contributed by atoms with E-state index < -0.39 is 17.1 Å². The van der Waals surface area contributed by atoms with Crippen LogP contribution in [0.25, 0.3) is 0 Å². The molecule has 0 aromatic carbocycles. The first-order valence-electron chi connectivity index (χ1n) is 7.18. The van der Waals surface area contributed by atoms with E-state index in [9.17, 15) is 14.4 Å². The predicted octanol–water partition coefficient (Wildman–Crippen LogP) is -1.67. The molecular formula is C12H23N3O5Si. The molecule has 9 heteroatoms. The molecule has 0 bridgehead atoms. The Morgan fingerprint density at radius 2 is 1.29 bits per heavy atom. The zero-order chi connectivity index (χ0) is 15.8. The van der Waals surface area contributed by atoms with Gasteiger partial charge in [-0.3, -0.25) is 0 Å². The molecule has 1 heterocycles. The van der Waals surface area contributed by atoms with Gasteiger partial charge in [0.05, 0.1) is 0 Å². The molecule has 0 radical (unpaired) electrons. The van der Waals surface area contributed by atoms with Gasteiger partial charge in [-0.25, -0.2) is 28.1 Å². The van der Waals surface area contributed by atoms with Crippen LogP contribution in [0.2, 0.25) is 6.04 Å². The van der Waals surface area contributed by atoms with Crippen LogP contribution >= 0.6 is 0 Å². The summed E-state index contributed by atoms with van der Waals surface area (Å²) < 4.78 is 13.2. The molecule has 0 aliphatic rings. The van der Waals surface area contributed by atoms with Crippen molar-refractivity contribution in [2.24, 2.45) is 0 Å². The minimum absolute atomic E-state index is 0.165. The monoisotopic (exact) mass is 317 g/mol. The van der Waals surface area contributed by atoms with Gasteiger partial charge in [-0.05, 0) is 20.3 Å². The lowest BCUT2D eigenvalue weighted by Crippen LogP contribution is -2.55. The fraction of sp³-hybridized carbons (Fsp3) is 0.750. The normalized spacial score (nSPS) is 11.1. The van der Waals surface area contributed by atoms with Crippen LogP contribution in [0.15, 0.2) is 14.4 Å². The van der Waals surface area contributed by atoms with E-state index in [2.05, 4.69) is 0 Å². The van der Waals surface area contributed by atoms with Crippen molar-refractivity contribution < 1.29 is 9.47 Å². The van der Waals surface area contributed by atoms with E-state index in [1.165, 1.54) is 0 Å². The van der Waals surface area contributed by atoms with E-state index in [4.69, 9.17) is 9.47 Å². The molecule has 21 heavy (non-hydrogen) atoms. The van der Waals surface area contributed by atoms with Crippen LogP contribution < -0.4 is 17.1 Å². The molecule has 120 valence electrons. The summed E-state index contributed by atoms with van der Waals surface area (Å²) in [5, 5.41) is 0. The van der Waals surface area contributed by atoms with Gasteiger partial charge in [0.15, 0.2) is 0 Å². The van der Waals surface area contributed by atoms with Crippen molar-refractivity contribution in [2.45, 2.75) is 46.3 Å². The van der Waals surface area contributed by atoms with Gasteiger partial charge in [-0.1, -0.05) is 6.04 Å². The molecule has 0 atom stereocenters. The average Bonchev–Trinajstić information content (AvgIpc) is 2.47. The number of hydrogen-bond acceptors (Lipinski definition) is 5. The molecule has 0 saturated carbocycles. The number of aromatic nitrogens is 3. The van der Waals surface area contributed by atoms with Crippen LogP contribution in [-0.2, 0) is 29.5 Å². The van der Waals surface area contributed by atoms with Gasteiger partial charge in [-0.2, -0.15) is 0 Å². The Morgan fingerprint density at radius 3 is 1.67 bits per heavy atom. The van der Waals surface area contributed by atoms with Crippen molar-refractivity contribution >= 4 is 10.2 Å². The quantitative estimate of drug-likeness (QED) is 0.509. The third-order valence-corrected chi connectivity index (χ3v) is 3.68. The summed E-state index contributed by atoms with van der Waals surface area (Å²) in [6.45, 7) is 4.25. The highest BCUT2D eigenvalue weighted by Crippen LogP contribution is 1.87. The Balaban J connectivity index is 3.39. The van der Waals surface area contributed by atoms with E-state index in [0.29, 0.717) is 19.8 Å². The lowest BCUT2D eigenvalue weighted by atomic mass is 10.5. The zero-order valence-electron chi connectivity index (χ0n) is 12.8. The van der Waals surface area contributed by atoms with Gasteiger partial charge < -0.3 is 9.47 Å². The van der Waals surface area contributed by atoms with Gasteiger partial charge in [0, 0.05) is 30.0 Å². The summed E-state index contributed by atoms with van der Waals surface area (Å²) in [5.74, 6) is 0. The topological polar surface area (TPSA) is 84.5 Å². The molecule has 1 aromatic rings. The molecule has 0 unspecified atom stereocenters. The van der Waals surface area contributed by atoms with Gasteiger partial charge in [0.1, 0.15) is 13.5 Å². The number of hydrogen-bond donors (Lipinski definition) is 0. The first-order valence-corrected chi connectivity index (χ1v) is 8.59. The van der Waals surface area contributed by atoms with Crippen molar-refractivity contribution in [2.75, 3.05) is 13.2 Å². The summed E-state index contributed by atoms with van der Waals surface area (Å²) in [5.41, 5.74) is -1.95. The van der Waals surface area contributed by atoms with Gasteiger partial charge in [0.25, 0.3) is 0 Å². The van der Waals surface area contributed by atoms with Crippen molar-refractivity contribution in [3.8, 4) is 0 Å². The first kappa shape index (κ1) is 17.6. The SMILES string of the molecule is CCOCn1c(=O)n(CCC[SiH3])c(=O)n(COCC)c1=O. The van der Waals surface area contributed by atoms with Crippen molar-refractivity contribution in [1.29, 1.82) is 0 Å². The first-order chi connectivity index (χ1) is 10.1. The van der Waals surface area contributed by atoms with E-state index in [-0.39, 0.29) is 13.5 Å². The van der Waals surface area contributed by atoms with E-state index in [1.807, 2.05) is 0 Å². The Hall–Kier alpha value is -1.45. The Kier molecular flexibility index (Phi) is 7.33. The maximum atomic E-state index is 12.3. The summed E-state index contributed by atoms with van der Waals surface area (Å²) in [7, 11) is 1.00. The standard InChI is InChI=1S/C12H23N3O5Si/c1-3-19-8-14-10(16)13(6-5-7-21)11(17)15(12(14)18)9-20-4-2/h3-9H2,1-2,21H3. The van der Waals surface area contributed by atoms with Gasteiger partial charge in [0.2, 0.25) is 0 Å². The number of nitrogens with zero attached hydrogens (tertiary/aromatic N) is 3. The van der Waals surface area contributed by atoms with Crippen molar-refractivity contribution in [1.82, 2.24) is 13.7 Å². The minimum atomic E-state index is -0.700. The number of ether oxygens (including phenoxy) is 2. The highest BCUT2D eigenvalue weighted by Gasteiger charge is 2.15. The molecule has 1 rings (SSSR count). The summed E-state index contributed by atoms with van der Waals surface area (Å²) in [6, 6.07) is 0.974. The third kappa shape index (κ3) is 4.25. The predicted molar refractivity (Wildman–Crippen MR) is 81.8 cm³/mol. The molecule has 0 saturated heterocycles. The van der Waals surface area contributed by atoms with Crippen molar-refractivity contribution in [3.05, 3.63) is 31.5 Å². The molecule has 0 N–H and O–H groups in total. The second-order valence-corrected chi connectivity index (χ2v) is 5.45. The highest BCUT2D eigenvalue weighted by atomic mass is 28.1. The van der Waals surface area contributed by atoms with Gasteiger partial charge >= 0.3 is 17.1 Å². The highest BCUT2D eigenvalue weighted by molar-refractivity contribution is 6.08. The molecule has 8 nitrogen and oxygen atoms in total.